The largest absolute Gasteiger partial charge is 0.481 e. The van der Waals surface area contributed by atoms with Crippen molar-refractivity contribution in [3.05, 3.63) is 54.1 Å². The smallest absolute Gasteiger partial charge is 0.319 e. The highest BCUT2D eigenvalue weighted by atomic mass is 16.5. The van der Waals surface area contributed by atoms with Crippen molar-refractivity contribution in [2.75, 3.05) is 11.9 Å². The number of carbonyl (C=O) groups excluding carboxylic acids is 2. The number of aliphatic carboxylic acids is 1. The number of carboxylic acid groups (broad SMARTS) is 1. The molecule has 2 rings (SSSR count). The number of anilines is 1. The number of carbonyl (C=O) groups is 3. The summed E-state index contributed by atoms with van der Waals surface area (Å²) in [5.41, 5.74) is 5.22. The molecule has 3 amide bonds. The summed E-state index contributed by atoms with van der Waals surface area (Å²) in [4.78, 5) is 34.4. The SMILES string of the molecule is CC(C)(CCNC(=O)Nc1ccc(Oc2ccccc2C(N)=O)cc1)C(=O)O. The number of amides is 3. The van der Waals surface area contributed by atoms with E-state index in [0.29, 0.717) is 23.6 Å². The summed E-state index contributed by atoms with van der Waals surface area (Å²) in [6.45, 7) is 3.43. The van der Waals surface area contributed by atoms with Crippen molar-refractivity contribution in [1.29, 1.82) is 0 Å². The minimum absolute atomic E-state index is 0.232. The zero-order chi connectivity index (χ0) is 20.7. The zero-order valence-electron chi connectivity index (χ0n) is 15.7. The van der Waals surface area contributed by atoms with Crippen molar-refractivity contribution in [2.24, 2.45) is 11.1 Å². The van der Waals surface area contributed by atoms with Crippen LogP contribution in [0.2, 0.25) is 0 Å². The van der Waals surface area contributed by atoms with Crippen molar-refractivity contribution >= 4 is 23.6 Å². The third kappa shape index (κ3) is 5.73. The van der Waals surface area contributed by atoms with E-state index >= 15 is 0 Å². The summed E-state index contributed by atoms with van der Waals surface area (Å²) in [5, 5.41) is 14.3. The Hall–Kier alpha value is -3.55. The Morgan fingerprint density at radius 2 is 1.71 bits per heavy atom. The lowest BCUT2D eigenvalue weighted by Crippen LogP contribution is -2.34. The number of nitrogens with one attached hydrogen (secondary N) is 2. The molecule has 2 aromatic rings. The number of rotatable bonds is 8. The van der Waals surface area contributed by atoms with Gasteiger partial charge in [0.2, 0.25) is 0 Å². The quantitative estimate of drug-likeness (QED) is 0.554. The first-order valence-corrected chi connectivity index (χ1v) is 8.64. The molecule has 0 heterocycles. The Morgan fingerprint density at radius 3 is 2.32 bits per heavy atom. The van der Waals surface area contributed by atoms with E-state index in [4.69, 9.17) is 15.6 Å². The second kappa shape index (κ2) is 8.90. The minimum atomic E-state index is -0.914. The van der Waals surface area contributed by atoms with Crippen molar-refractivity contribution in [1.82, 2.24) is 5.32 Å². The molecule has 2 aromatic carbocycles. The van der Waals surface area contributed by atoms with Gasteiger partial charge < -0.3 is 26.2 Å². The molecule has 0 aromatic heterocycles. The van der Waals surface area contributed by atoms with Crippen LogP contribution >= 0.6 is 0 Å². The van der Waals surface area contributed by atoms with Gasteiger partial charge in [0.1, 0.15) is 11.5 Å². The summed E-state index contributed by atoms with van der Waals surface area (Å²) in [5.74, 6) is -0.683. The van der Waals surface area contributed by atoms with Gasteiger partial charge in [0, 0.05) is 12.2 Å². The standard InChI is InChI=1S/C20H23N3O5/c1-20(2,18(25)26)11-12-22-19(27)23-13-7-9-14(10-8-13)28-16-6-4-3-5-15(16)17(21)24/h3-10H,11-12H2,1-2H3,(H2,21,24)(H,25,26)(H2,22,23,27). The van der Waals surface area contributed by atoms with Gasteiger partial charge in [-0.2, -0.15) is 0 Å². The molecule has 0 aliphatic carbocycles. The fourth-order valence-corrected chi connectivity index (χ4v) is 2.26. The first-order chi connectivity index (χ1) is 13.2. The van der Waals surface area contributed by atoms with E-state index in [-0.39, 0.29) is 12.1 Å². The predicted molar refractivity (Wildman–Crippen MR) is 105 cm³/mol. The zero-order valence-corrected chi connectivity index (χ0v) is 15.7. The fourth-order valence-electron chi connectivity index (χ4n) is 2.26. The summed E-state index contributed by atoms with van der Waals surface area (Å²) < 4.78 is 5.67. The third-order valence-corrected chi connectivity index (χ3v) is 4.11. The highest BCUT2D eigenvalue weighted by Gasteiger charge is 2.26. The van der Waals surface area contributed by atoms with Gasteiger partial charge >= 0.3 is 12.0 Å². The number of hydrogen-bond acceptors (Lipinski definition) is 4. The number of para-hydroxylation sites is 1. The lowest BCUT2D eigenvalue weighted by molar-refractivity contribution is -0.147. The maximum Gasteiger partial charge on any atom is 0.319 e. The minimum Gasteiger partial charge on any atom is -0.481 e. The van der Waals surface area contributed by atoms with Gasteiger partial charge in [0.15, 0.2) is 0 Å². The second-order valence-corrected chi connectivity index (χ2v) is 6.81. The average molecular weight is 385 g/mol. The predicted octanol–water partition coefficient (Wildman–Crippen LogP) is 3.20. The summed E-state index contributed by atoms with van der Waals surface area (Å²) >= 11 is 0. The molecule has 0 bridgehead atoms. The molecule has 5 N–H and O–H groups in total. The number of urea groups is 1. The summed E-state index contributed by atoms with van der Waals surface area (Å²) in [6, 6.07) is 12.8. The first kappa shape index (κ1) is 20.8. The van der Waals surface area contributed by atoms with Gasteiger partial charge in [0.05, 0.1) is 11.0 Å². The van der Waals surface area contributed by atoms with E-state index in [9.17, 15) is 14.4 Å². The van der Waals surface area contributed by atoms with Gasteiger partial charge in [-0.1, -0.05) is 12.1 Å². The lowest BCUT2D eigenvalue weighted by atomic mass is 9.90. The van der Waals surface area contributed by atoms with Crippen LogP contribution in [0.5, 0.6) is 11.5 Å². The molecule has 0 aliphatic rings. The molecule has 0 radical (unpaired) electrons. The van der Waals surface area contributed by atoms with Crippen LogP contribution in [0.15, 0.2) is 48.5 Å². The monoisotopic (exact) mass is 385 g/mol. The summed E-state index contributed by atoms with van der Waals surface area (Å²) in [6.07, 6.45) is 0.307. The Morgan fingerprint density at radius 1 is 1.07 bits per heavy atom. The van der Waals surface area contributed by atoms with Crippen molar-refractivity contribution < 1.29 is 24.2 Å². The molecule has 0 unspecified atom stereocenters. The van der Waals surface area contributed by atoms with Crippen molar-refractivity contribution in [3.63, 3.8) is 0 Å². The molecule has 0 saturated heterocycles. The maximum absolute atomic E-state index is 11.9. The van der Waals surface area contributed by atoms with Crippen LogP contribution < -0.4 is 21.1 Å². The number of hydrogen-bond donors (Lipinski definition) is 4. The normalized spacial score (nSPS) is 10.8. The Balaban J connectivity index is 1.90. The van der Waals surface area contributed by atoms with Crippen LogP contribution in [0.4, 0.5) is 10.5 Å². The van der Waals surface area contributed by atoms with Crippen LogP contribution in [0, 0.1) is 5.41 Å². The van der Waals surface area contributed by atoms with Crippen LogP contribution in [0.1, 0.15) is 30.6 Å². The second-order valence-electron chi connectivity index (χ2n) is 6.81. The van der Waals surface area contributed by atoms with E-state index in [1.807, 2.05) is 0 Å². The highest BCUT2D eigenvalue weighted by Crippen LogP contribution is 2.26. The maximum atomic E-state index is 11.9. The number of primary amides is 1. The third-order valence-electron chi connectivity index (χ3n) is 4.11. The summed E-state index contributed by atoms with van der Waals surface area (Å²) in [7, 11) is 0. The molecule has 28 heavy (non-hydrogen) atoms. The van der Waals surface area contributed by atoms with E-state index in [1.54, 1.807) is 62.4 Å². The van der Waals surface area contributed by atoms with Gasteiger partial charge in [0.25, 0.3) is 5.91 Å². The molecule has 0 aliphatic heterocycles. The van der Waals surface area contributed by atoms with Crippen LogP contribution in [-0.2, 0) is 4.79 Å². The van der Waals surface area contributed by atoms with Crippen molar-refractivity contribution in [2.45, 2.75) is 20.3 Å². The number of nitrogens with two attached hydrogens (primary N) is 1. The molecule has 0 saturated carbocycles. The molecule has 0 fully saturated rings. The van der Waals surface area contributed by atoms with Crippen LogP contribution in [-0.4, -0.2) is 29.6 Å². The highest BCUT2D eigenvalue weighted by molar-refractivity contribution is 5.95. The van der Waals surface area contributed by atoms with E-state index in [2.05, 4.69) is 10.6 Å². The molecular weight excluding hydrogens is 362 g/mol. The Labute approximate surface area is 162 Å². The number of carboxylic acids is 1. The fraction of sp³-hybridized carbons (Fsp3) is 0.250. The van der Waals surface area contributed by atoms with Gasteiger partial charge in [-0.15, -0.1) is 0 Å². The van der Waals surface area contributed by atoms with Gasteiger partial charge in [-0.05, 0) is 56.7 Å². The Kier molecular flexibility index (Phi) is 6.59. The Bertz CT molecular complexity index is 862. The van der Waals surface area contributed by atoms with Crippen LogP contribution in [0.25, 0.3) is 0 Å². The first-order valence-electron chi connectivity index (χ1n) is 8.64. The molecule has 148 valence electrons. The van der Waals surface area contributed by atoms with Crippen molar-refractivity contribution in [3.8, 4) is 11.5 Å². The number of benzene rings is 2. The molecule has 0 spiro atoms. The van der Waals surface area contributed by atoms with Crippen LogP contribution in [0.3, 0.4) is 0 Å². The van der Waals surface area contributed by atoms with Gasteiger partial charge in [-0.3, -0.25) is 9.59 Å². The van der Waals surface area contributed by atoms with E-state index in [0.717, 1.165) is 0 Å². The number of ether oxygens (including phenoxy) is 1. The molecular formula is C20H23N3O5. The average Bonchev–Trinajstić information content (AvgIpc) is 2.63. The molecule has 8 nitrogen and oxygen atoms in total. The lowest BCUT2D eigenvalue weighted by Gasteiger charge is -2.19. The van der Waals surface area contributed by atoms with E-state index < -0.39 is 23.3 Å². The van der Waals surface area contributed by atoms with Gasteiger partial charge in [-0.25, -0.2) is 4.79 Å². The topological polar surface area (TPSA) is 131 Å². The van der Waals surface area contributed by atoms with E-state index in [1.165, 1.54) is 0 Å². The molecule has 0 atom stereocenters. The molecule has 8 heteroatoms.